The van der Waals surface area contributed by atoms with Gasteiger partial charge in [-0.25, -0.2) is 19.3 Å². The molecule has 7 nitrogen and oxygen atoms in total. The van der Waals surface area contributed by atoms with Crippen molar-refractivity contribution in [1.82, 2.24) is 19.3 Å². The van der Waals surface area contributed by atoms with Gasteiger partial charge in [0.1, 0.15) is 17.8 Å². The van der Waals surface area contributed by atoms with Crippen molar-refractivity contribution >= 4 is 11.0 Å². The second-order valence-corrected chi connectivity index (χ2v) is 6.80. The number of nitrogens with zero attached hydrogens (tertiary/aromatic N) is 4. The summed E-state index contributed by atoms with van der Waals surface area (Å²) in [5.41, 5.74) is 8.34. The molecule has 7 heteroatoms. The Morgan fingerprint density at radius 2 is 2.03 bits per heavy atom. The average molecular weight is 399 g/mol. The second kappa shape index (κ2) is 8.64. The lowest BCUT2D eigenvalue weighted by Gasteiger charge is -2.16. The molecule has 0 atom stereocenters. The summed E-state index contributed by atoms with van der Waals surface area (Å²) in [5, 5.41) is 10.1. The number of aromatic nitrogens is 4. The molecule has 4 aromatic rings. The molecule has 0 saturated heterocycles. The van der Waals surface area contributed by atoms with Gasteiger partial charge >= 0.3 is 0 Å². The van der Waals surface area contributed by atoms with E-state index in [9.17, 15) is 9.90 Å². The monoisotopic (exact) mass is 399 g/mol. The molecular weight excluding hydrogens is 378 g/mol. The number of pyridine rings is 2. The van der Waals surface area contributed by atoms with Crippen LogP contribution in [-0.2, 0) is 12.8 Å². The average Bonchev–Trinajstić information content (AvgIpc) is 3.28. The molecule has 0 radical (unpaired) electrons. The molecular formula is C23H21N5O2. The number of hydrogen-bond donors (Lipinski definition) is 2. The van der Waals surface area contributed by atoms with Crippen LogP contribution in [0.4, 0.5) is 0 Å². The van der Waals surface area contributed by atoms with Crippen molar-refractivity contribution in [2.24, 2.45) is 5.73 Å². The third kappa shape index (κ3) is 3.81. The molecule has 30 heavy (non-hydrogen) atoms. The van der Waals surface area contributed by atoms with E-state index in [0.717, 1.165) is 5.56 Å². The van der Waals surface area contributed by atoms with Crippen molar-refractivity contribution in [3.63, 3.8) is 0 Å². The fourth-order valence-electron chi connectivity index (χ4n) is 3.41. The Kier molecular flexibility index (Phi) is 5.59. The van der Waals surface area contributed by atoms with Crippen LogP contribution in [0.3, 0.4) is 0 Å². The van der Waals surface area contributed by atoms with E-state index in [1.807, 2.05) is 12.1 Å². The first kappa shape index (κ1) is 19.4. The lowest BCUT2D eigenvalue weighted by atomic mass is 10.1. The third-order valence-electron chi connectivity index (χ3n) is 4.78. The van der Waals surface area contributed by atoms with Crippen molar-refractivity contribution in [3.8, 4) is 17.6 Å². The number of benzene rings is 1. The highest BCUT2D eigenvalue weighted by atomic mass is 16.3. The van der Waals surface area contributed by atoms with Crippen LogP contribution < -0.4 is 11.2 Å². The summed E-state index contributed by atoms with van der Waals surface area (Å²) < 4.78 is 3.56. The number of phenols is 1. The van der Waals surface area contributed by atoms with Crippen LogP contribution >= 0.6 is 0 Å². The Bertz CT molecular complexity index is 1300. The number of nitrogens with two attached hydrogens (primary N) is 1. The Labute approximate surface area is 173 Å². The molecule has 1 aromatic carbocycles. The van der Waals surface area contributed by atoms with Gasteiger partial charge in [0.05, 0.1) is 5.39 Å². The molecule has 0 aliphatic heterocycles. The Balaban J connectivity index is 1.82. The van der Waals surface area contributed by atoms with E-state index < -0.39 is 0 Å². The van der Waals surface area contributed by atoms with Crippen molar-refractivity contribution in [3.05, 3.63) is 88.4 Å². The highest BCUT2D eigenvalue weighted by Crippen LogP contribution is 2.16. The number of aryl methyl sites for hydroxylation is 1. The van der Waals surface area contributed by atoms with E-state index in [0.29, 0.717) is 48.1 Å². The van der Waals surface area contributed by atoms with Gasteiger partial charge < -0.3 is 10.8 Å². The summed E-state index contributed by atoms with van der Waals surface area (Å²) in [6.07, 6.45) is 8.41. The first-order valence-corrected chi connectivity index (χ1v) is 9.67. The van der Waals surface area contributed by atoms with Gasteiger partial charge in [-0.1, -0.05) is 18.1 Å². The first-order chi connectivity index (χ1) is 14.7. The van der Waals surface area contributed by atoms with Gasteiger partial charge in [0.2, 0.25) is 0 Å². The predicted molar refractivity (Wildman–Crippen MR) is 115 cm³/mol. The maximum atomic E-state index is 13.1. The van der Waals surface area contributed by atoms with Gasteiger partial charge in [-0.3, -0.25) is 4.79 Å². The normalized spacial score (nSPS) is 10.7. The smallest absolute Gasteiger partial charge is 0.195 e. The largest absolute Gasteiger partial charge is 0.508 e. The zero-order valence-corrected chi connectivity index (χ0v) is 16.3. The fourth-order valence-corrected chi connectivity index (χ4v) is 3.41. The van der Waals surface area contributed by atoms with E-state index in [2.05, 4.69) is 21.8 Å². The van der Waals surface area contributed by atoms with Crippen molar-refractivity contribution in [2.45, 2.75) is 19.3 Å². The molecule has 0 bridgehead atoms. The summed E-state index contributed by atoms with van der Waals surface area (Å²) in [4.78, 5) is 21.7. The SMILES string of the molecule is NCCc1c(C#CCCc2cccc(O)c2)n(-n2ccnc2)c2ncccc2c1=O. The van der Waals surface area contributed by atoms with Crippen molar-refractivity contribution in [1.29, 1.82) is 0 Å². The van der Waals surface area contributed by atoms with Crippen LogP contribution in [0.5, 0.6) is 5.75 Å². The molecule has 0 aliphatic carbocycles. The quantitative estimate of drug-likeness (QED) is 0.501. The summed E-state index contributed by atoms with van der Waals surface area (Å²) in [5.74, 6) is 6.58. The van der Waals surface area contributed by atoms with Crippen LogP contribution in [0.1, 0.15) is 23.2 Å². The summed E-state index contributed by atoms with van der Waals surface area (Å²) in [7, 11) is 0. The number of phenolic OH excluding ortho intramolecular Hbond substituents is 1. The van der Waals surface area contributed by atoms with Crippen LogP contribution in [-0.4, -0.2) is 31.0 Å². The van der Waals surface area contributed by atoms with Gasteiger partial charge in [0.25, 0.3) is 0 Å². The Hall–Kier alpha value is -3.89. The zero-order chi connectivity index (χ0) is 20.9. The maximum Gasteiger partial charge on any atom is 0.195 e. The number of hydrogen-bond acceptors (Lipinski definition) is 5. The summed E-state index contributed by atoms with van der Waals surface area (Å²) in [6.45, 7) is 0.336. The molecule has 0 fully saturated rings. The number of aromatic hydroxyl groups is 1. The minimum absolute atomic E-state index is 0.0998. The standard InChI is InChI=1S/C23H21N5O2/c24-11-10-19-21(9-2-1-5-17-6-3-7-18(29)15-17)28(27-14-13-25-16-27)23-20(22(19)30)8-4-12-26-23/h3-4,6-8,12-16,29H,1,5,10-11,24H2. The van der Waals surface area contributed by atoms with Crippen molar-refractivity contribution in [2.75, 3.05) is 6.54 Å². The molecule has 4 rings (SSSR count). The summed E-state index contributed by atoms with van der Waals surface area (Å²) >= 11 is 0. The second-order valence-electron chi connectivity index (χ2n) is 6.80. The zero-order valence-electron chi connectivity index (χ0n) is 16.3. The molecule has 3 aromatic heterocycles. The third-order valence-corrected chi connectivity index (χ3v) is 4.78. The molecule has 3 N–H and O–H groups in total. The molecule has 0 unspecified atom stereocenters. The van der Waals surface area contributed by atoms with E-state index >= 15 is 0 Å². The van der Waals surface area contributed by atoms with E-state index in [1.165, 1.54) is 0 Å². The number of fused-ring (bicyclic) bond motifs is 1. The van der Waals surface area contributed by atoms with E-state index in [1.54, 1.807) is 58.5 Å². The maximum absolute atomic E-state index is 13.1. The minimum atomic E-state index is -0.0998. The first-order valence-electron chi connectivity index (χ1n) is 9.67. The van der Waals surface area contributed by atoms with Crippen LogP contribution in [0.2, 0.25) is 0 Å². The number of rotatable bonds is 5. The Morgan fingerprint density at radius 1 is 1.13 bits per heavy atom. The van der Waals surface area contributed by atoms with Gasteiger partial charge in [0, 0.05) is 30.6 Å². The Morgan fingerprint density at radius 3 is 2.80 bits per heavy atom. The highest BCUT2D eigenvalue weighted by molar-refractivity contribution is 5.77. The van der Waals surface area contributed by atoms with E-state index in [-0.39, 0.29) is 11.2 Å². The summed E-state index contributed by atoms with van der Waals surface area (Å²) in [6, 6.07) is 10.6. The number of imidazole rings is 1. The lowest BCUT2D eigenvalue weighted by molar-refractivity contribution is 0.474. The molecule has 0 saturated carbocycles. The van der Waals surface area contributed by atoms with Gasteiger partial charge in [-0.05, 0) is 55.1 Å². The molecule has 0 amide bonds. The lowest BCUT2D eigenvalue weighted by Crippen LogP contribution is -2.25. The van der Waals surface area contributed by atoms with Gasteiger partial charge in [-0.2, -0.15) is 0 Å². The van der Waals surface area contributed by atoms with Gasteiger partial charge in [0.15, 0.2) is 11.1 Å². The van der Waals surface area contributed by atoms with Crippen LogP contribution in [0.25, 0.3) is 11.0 Å². The topological polar surface area (TPSA) is 99.0 Å². The fraction of sp³-hybridized carbons (Fsp3) is 0.174. The van der Waals surface area contributed by atoms with Crippen LogP contribution in [0, 0.1) is 11.8 Å². The predicted octanol–water partition coefficient (Wildman–Crippen LogP) is 2.10. The highest BCUT2D eigenvalue weighted by Gasteiger charge is 2.17. The van der Waals surface area contributed by atoms with Crippen LogP contribution in [0.15, 0.2) is 66.1 Å². The van der Waals surface area contributed by atoms with E-state index in [4.69, 9.17) is 5.73 Å². The van der Waals surface area contributed by atoms with Crippen molar-refractivity contribution < 1.29 is 5.11 Å². The van der Waals surface area contributed by atoms with Gasteiger partial charge in [-0.15, -0.1) is 0 Å². The minimum Gasteiger partial charge on any atom is -0.508 e. The molecule has 3 heterocycles. The molecule has 0 aliphatic rings. The molecule has 150 valence electrons. The molecule has 0 spiro atoms.